The second-order valence-electron chi connectivity index (χ2n) is 5.09. The van der Waals surface area contributed by atoms with Crippen molar-refractivity contribution in [3.63, 3.8) is 0 Å². The SMILES string of the molecule is COCCN(CCOC)c1cc(CN)cc(C(C)C)n1. The highest BCUT2D eigenvalue weighted by Gasteiger charge is 2.12. The number of ether oxygens (including phenoxy) is 2. The van der Waals surface area contributed by atoms with Crippen molar-refractivity contribution in [2.45, 2.75) is 26.3 Å². The number of anilines is 1. The van der Waals surface area contributed by atoms with E-state index in [-0.39, 0.29) is 0 Å². The van der Waals surface area contributed by atoms with Gasteiger partial charge in [0.2, 0.25) is 0 Å². The van der Waals surface area contributed by atoms with E-state index >= 15 is 0 Å². The quantitative estimate of drug-likeness (QED) is 0.747. The largest absolute Gasteiger partial charge is 0.383 e. The van der Waals surface area contributed by atoms with E-state index in [2.05, 4.69) is 30.9 Å². The van der Waals surface area contributed by atoms with E-state index in [1.165, 1.54) is 0 Å². The van der Waals surface area contributed by atoms with Crippen molar-refractivity contribution < 1.29 is 9.47 Å². The van der Waals surface area contributed by atoms with Crippen molar-refractivity contribution >= 4 is 5.82 Å². The molecular weight excluding hydrogens is 254 g/mol. The van der Waals surface area contributed by atoms with Gasteiger partial charge in [-0.25, -0.2) is 4.98 Å². The van der Waals surface area contributed by atoms with Gasteiger partial charge in [0.25, 0.3) is 0 Å². The van der Waals surface area contributed by atoms with Crippen LogP contribution < -0.4 is 10.6 Å². The Morgan fingerprint density at radius 1 is 1.15 bits per heavy atom. The lowest BCUT2D eigenvalue weighted by molar-refractivity contribution is 0.190. The van der Waals surface area contributed by atoms with E-state index in [0.29, 0.717) is 25.7 Å². The molecule has 0 aliphatic rings. The standard InChI is InChI=1S/C15H27N3O2/c1-12(2)14-9-13(11-16)10-15(17-14)18(5-7-19-3)6-8-20-4/h9-10,12H,5-8,11,16H2,1-4H3. The van der Waals surface area contributed by atoms with Crippen molar-refractivity contribution in [2.24, 2.45) is 5.73 Å². The van der Waals surface area contributed by atoms with Crippen molar-refractivity contribution in [2.75, 3.05) is 45.4 Å². The van der Waals surface area contributed by atoms with Gasteiger partial charge in [-0.1, -0.05) is 13.8 Å². The fraction of sp³-hybridized carbons (Fsp3) is 0.667. The lowest BCUT2D eigenvalue weighted by Gasteiger charge is -2.24. The zero-order chi connectivity index (χ0) is 15.0. The third-order valence-corrected chi connectivity index (χ3v) is 3.17. The second-order valence-corrected chi connectivity index (χ2v) is 5.09. The highest BCUT2D eigenvalue weighted by molar-refractivity contribution is 5.43. The Labute approximate surface area is 122 Å². The molecule has 20 heavy (non-hydrogen) atoms. The van der Waals surface area contributed by atoms with Crippen LogP contribution in [0.1, 0.15) is 31.0 Å². The van der Waals surface area contributed by atoms with Gasteiger partial charge in [-0.3, -0.25) is 0 Å². The van der Waals surface area contributed by atoms with Gasteiger partial charge in [0.05, 0.1) is 13.2 Å². The minimum atomic E-state index is 0.381. The third-order valence-electron chi connectivity index (χ3n) is 3.17. The normalized spacial score (nSPS) is 11.1. The Hall–Kier alpha value is -1.17. The Morgan fingerprint density at radius 3 is 2.20 bits per heavy atom. The van der Waals surface area contributed by atoms with Crippen molar-refractivity contribution in [1.29, 1.82) is 0 Å². The van der Waals surface area contributed by atoms with Crippen LogP contribution in [0.2, 0.25) is 0 Å². The first-order chi connectivity index (χ1) is 9.62. The van der Waals surface area contributed by atoms with Crippen LogP contribution in [0.15, 0.2) is 12.1 Å². The average Bonchev–Trinajstić information content (AvgIpc) is 2.46. The summed E-state index contributed by atoms with van der Waals surface area (Å²) in [4.78, 5) is 6.92. The number of hydrogen-bond donors (Lipinski definition) is 1. The fourth-order valence-corrected chi connectivity index (χ4v) is 1.91. The minimum absolute atomic E-state index is 0.381. The van der Waals surface area contributed by atoms with Crippen molar-refractivity contribution in [3.05, 3.63) is 23.4 Å². The minimum Gasteiger partial charge on any atom is -0.383 e. The first-order valence-corrected chi connectivity index (χ1v) is 7.06. The van der Waals surface area contributed by atoms with Gasteiger partial charge in [0.1, 0.15) is 5.82 Å². The lowest BCUT2D eigenvalue weighted by atomic mass is 10.1. The summed E-state index contributed by atoms with van der Waals surface area (Å²) < 4.78 is 10.3. The highest BCUT2D eigenvalue weighted by atomic mass is 16.5. The zero-order valence-electron chi connectivity index (χ0n) is 13.1. The molecular formula is C15H27N3O2. The van der Waals surface area contributed by atoms with E-state index in [4.69, 9.17) is 20.2 Å². The Morgan fingerprint density at radius 2 is 1.75 bits per heavy atom. The summed E-state index contributed by atoms with van der Waals surface area (Å²) in [6.45, 7) is 7.71. The van der Waals surface area contributed by atoms with Gasteiger partial charge >= 0.3 is 0 Å². The molecule has 0 aliphatic carbocycles. The van der Waals surface area contributed by atoms with Crippen LogP contribution in [-0.4, -0.2) is 45.5 Å². The zero-order valence-corrected chi connectivity index (χ0v) is 13.1. The predicted molar refractivity (Wildman–Crippen MR) is 82.2 cm³/mol. The van der Waals surface area contributed by atoms with Crippen LogP contribution in [-0.2, 0) is 16.0 Å². The molecule has 0 radical (unpaired) electrons. The second kappa shape index (κ2) is 8.89. The molecule has 0 aliphatic heterocycles. The molecule has 5 nitrogen and oxygen atoms in total. The molecule has 0 spiro atoms. The van der Waals surface area contributed by atoms with Gasteiger partial charge in [-0.15, -0.1) is 0 Å². The van der Waals surface area contributed by atoms with Gasteiger partial charge in [0.15, 0.2) is 0 Å². The van der Waals surface area contributed by atoms with Gasteiger partial charge in [0, 0.05) is 39.5 Å². The van der Waals surface area contributed by atoms with E-state index in [0.717, 1.165) is 30.2 Å². The summed E-state index contributed by atoms with van der Waals surface area (Å²) in [5, 5.41) is 0. The first kappa shape index (κ1) is 16.9. The molecule has 1 aromatic heterocycles. The Bertz CT molecular complexity index is 389. The number of aromatic nitrogens is 1. The summed E-state index contributed by atoms with van der Waals surface area (Å²) in [5.41, 5.74) is 7.97. The average molecular weight is 281 g/mol. The Balaban J connectivity index is 2.99. The number of rotatable bonds is 9. The van der Waals surface area contributed by atoms with E-state index in [1.54, 1.807) is 14.2 Å². The maximum absolute atomic E-state index is 5.79. The van der Waals surface area contributed by atoms with Crippen molar-refractivity contribution in [1.82, 2.24) is 4.98 Å². The van der Waals surface area contributed by atoms with E-state index in [1.807, 2.05) is 0 Å². The molecule has 0 saturated carbocycles. The van der Waals surface area contributed by atoms with Crippen LogP contribution >= 0.6 is 0 Å². The Kier molecular flexibility index (Phi) is 7.51. The molecule has 0 saturated heterocycles. The summed E-state index contributed by atoms with van der Waals surface area (Å²) in [6, 6.07) is 4.14. The monoisotopic (exact) mass is 281 g/mol. The van der Waals surface area contributed by atoms with Gasteiger partial charge in [-0.2, -0.15) is 0 Å². The molecule has 1 aromatic rings. The number of pyridine rings is 1. The molecule has 2 N–H and O–H groups in total. The number of nitrogens with zero attached hydrogens (tertiary/aromatic N) is 2. The molecule has 0 unspecified atom stereocenters. The fourth-order valence-electron chi connectivity index (χ4n) is 1.91. The molecule has 114 valence electrons. The van der Waals surface area contributed by atoms with Crippen LogP contribution in [0.25, 0.3) is 0 Å². The molecule has 1 heterocycles. The maximum Gasteiger partial charge on any atom is 0.129 e. The molecule has 5 heteroatoms. The summed E-state index contributed by atoms with van der Waals surface area (Å²) in [7, 11) is 3.41. The van der Waals surface area contributed by atoms with Crippen molar-refractivity contribution in [3.8, 4) is 0 Å². The number of methoxy groups -OCH3 is 2. The van der Waals surface area contributed by atoms with E-state index in [9.17, 15) is 0 Å². The molecule has 0 bridgehead atoms. The third kappa shape index (κ3) is 5.07. The van der Waals surface area contributed by atoms with Crippen LogP contribution in [0.4, 0.5) is 5.82 Å². The number of nitrogens with two attached hydrogens (primary N) is 1. The first-order valence-electron chi connectivity index (χ1n) is 7.06. The topological polar surface area (TPSA) is 60.6 Å². The van der Waals surface area contributed by atoms with Crippen LogP contribution in [0.3, 0.4) is 0 Å². The lowest BCUT2D eigenvalue weighted by Crippen LogP contribution is -2.31. The van der Waals surface area contributed by atoms with Crippen LogP contribution in [0.5, 0.6) is 0 Å². The van der Waals surface area contributed by atoms with Gasteiger partial charge in [-0.05, 0) is 23.6 Å². The van der Waals surface area contributed by atoms with Gasteiger partial charge < -0.3 is 20.1 Å². The smallest absolute Gasteiger partial charge is 0.129 e. The van der Waals surface area contributed by atoms with Crippen LogP contribution in [0, 0.1) is 0 Å². The number of hydrogen-bond acceptors (Lipinski definition) is 5. The molecule has 1 rings (SSSR count). The van der Waals surface area contributed by atoms with E-state index < -0.39 is 0 Å². The molecule has 0 fully saturated rings. The molecule has 0 amide bonds. The summed E-state index contributed by atoms with van der Waals surface area (Å²) >= 11 is 0. The summed E-state index contributed by atoms with van der Waals surface area (Å²) in [6.07, 6.45) is 0. The molecule has 0 atom stereocenters. The maximum atomic E-state index is 5.79. The predicted octanol–water partition coefficient (Wildman–Crippen LogP) is 1.76. The molecule has 0 aromatic carbocycles. The summed E-state index contributed by atoms with van der Waals surface area (Å²) in [5.74, 6) is 1.33. The highest BCUT2D eigenvalue weighted by Crippen LogP contribution is 2.20.